The number of hydrogen-bond acceptors (Lipinski definition) is 5. The summed E-state index contributed by atoms with van der Waals surface area (Å²) in [6.45, 7) is 2.60. The molecule has 0 aromatic carbocycles. The van der Waals surface area contributed by atoms with Crippen LogP contribution in [0.5, 0.6) is 0 Å². The van der Waals surface area contributed by atoms with Crippen molar-refractivity contribution in [3.8, 4) is 5.82 Å². The van der Waals surface area contributed by atoms with E-state index in [0.717, 1.165) is 12.1 Å². The minimum Gasteiger partial charge on any atom is -0.480 e. The van der Waals surface area contributed by atoms with Crippen molar-refractivity contribution in [2.24, 2.45) is 0 Å². The van der Waals surface area contributed by atoms with Crippen LogP contribution in [0.2, 0.25) is 0 Å². The van der Waals surface area contributed by atoms with Crippen LogP contribution in [-0.2, 0) is 4.79 Å². The number of hydrogen-bond donors (Lipinski definition) is 1. The lowest BCUT2D eigenvalue weighted by molar-refractivity contribution is -0.138. The molecule has 7 nitrogen and oxygen atoms in total. The van der Waals surface area contributed by atoms with Gasteiger partial charge in [-0.1, -0.05) is 0 Å². The highest BCUT2D eigenvalue weighted by molar-refractivity contribution is 5.78. The lowest BCUT2D eigenvalue weighted by atomic mass is 10.2. The van der Waals surface area contributed by atoms with Crippen LogP contribution in [0.1, 0.15) is 18.5 Å². The molecule has 3 rings (SSSR count). The summed E-state index contributed by atoms with van der Waals surface area (Å²) < 4.78 is 1.64. The first-order valence-electron chi connectivity index (χ1n) is 6.51. The third kappa shape index (κ3) is 2.22. The van der Waals surface area contributed by atoms with E-state index in [9.17, 15) is 9.90 Å². The number of aliphatic carboxylic acids is 1. The molecule has 0 amide bonds. The van der Waals surface area contributed by atoms with Crippen LogP contribution in [0.25, 0.3) is 5.82 Å². The zero-order valence-electron chi connectivity index (χ0n) is 11.1. The van der Waals surface area contributed by atoms with Crippen LogP contribution in [0.15, 0.2) is 24.4 Å². The normalized spacial score (nSPS) is 18.4. The number of carboxylic acid groups (broad SMARTS) is 1. The fourth-order valence-corrected chi connectivity index (χ4v) is 2.43. The SMILES string of the molecule is Cc1ccn(-c2ccc(N3CCCC3C(=O)O)nn2)n1. The summed E-state index contributed by atoms with van der Waals surface area (Å²) in [5, 5.41) is 21.7. The summed E-state index contributed by atoms with van der Waals surface area (Å²) in [4.78, 5) is 13.0. The van der Waals surface area contributed by atoms with Gasteiger partial charge in [0, 0.05) is 12.7 Å². The summed E-state index contributed by atoms with van der Waals surface area (Å²) in [7, 11) is 0. The van der Waals surface area contributed by atoms with Gasteiger partial charge in [0.15, 0.2) is 11.6 Å². The van der Waals surface area contributed by atoms with Gasteiger partial charge in [-0.3, -0.25) is 0 Å². The van der Waals surface area contributed by atoms with Crippen molar-refractivity contribution in [1.82, 2.24) is 20.0 Å². The van der Waals surface area contributed by atoms with Crippen molar-refractivity contribution < 1.29 is 9.90 Å². The number of anilines is 1. The molecule has 1 aliphatic rings. The van der Waals surface area contributed by atoms with Gasteiger partial charge in [-0.15, -0.1) is 10.2 Å². The largest absolute Gasteiger partial charge is 0.480 e. The third-order valence-corrected chi connectivity index (χ3v) is 3.43. The quantitative estimate of drug-likeness (QED) is 0.899. The first-order chi connectivity index (χ1) is 9.65. The number of nitrogens with zero attached hydrogens (tertiary/aromatic N) is 5. The first-order valence-corrected chi connectivity index (χ1v) is 6.51. The molecule has 0 spiro atoms. The van der Waals surface area contributed by atoms with Crippen molar-refractivity contribution in [3.63, 3.8) is 0 Å². The van der Waals surface area contributed by atoms with Crippen LogP contribution in [0, 0.1) is 6.92 Å². The highest BCUT2D eigenvalue weighted by atomic mass is 16.4. The van der Waals surface area contributed by atoms with E-state index in [0.29, 0.717) is 24.6 Å². The average molecular weight is 273 g/mol. The van der Waals surface area contributed by atoms with Crippen molar-refractivity contribution in [2.75, 3.05) is 11.4 Å². The monoisotopic (exact) mass is 273 g/mol. The van der Waals surface area contributed by atoms with Gasteiger partial charge in [-0.2, -0.15) is 5.10 Å². The average Bonchev–Trinajstić information content (AvgIpc) is 3.07. The van der Waals surface area contributed by atoms with E-state index in [1.807, 2.05) is 19.2 Å². The Bertz CT molecular complexity index is 622. The molecule has 104 valence electrons. The zero-order valence-corrected chi connectivity index (χ0v) is 11.1. The lowest BCUT2D eigenvalue weighted by Crippen LogP contribution is -2.36. The van der Waals surface area contributed by atoms with Crippen LogP contribution >= 0.6 is 0 Å². The fraction of sp³-hybridized carbons (Fsp3) is 0.385. The summed E-state index contributed by atoms with van der Waals surface area (Å²) in [5.41, 5.74) is 0.904. The van der Waals surface area contributed by atoms with Crippen molar-refractivity contribution in [2.45, 2.75) is 25.8 Å². The summed E-state index contributed by atoms with van der Waals surface area (Å²) in [6, 6.07) is 4.98. The Morgan fingerprint density at radius 1 is 1.30 bits per heavy atom. The second kappa shape index (κ2) is 4.92. The van der Waals surface area contributed by atoms with E-state index in [2.05, 4.69) is 15.3 Å². The molecule has 0 radical (unpaired) electrons. The molecule has 1 unspecified atom stereocenters. The van der Waals surface area contributed by atoms with Gasteiger partial charge in [-0.25, -0.2) is 9.48 Å². The minimum atomic E-state index is -0.809. The number of carboxylic acids is 1. The summed E-state index contributed by atoms with van der Waals surface area (Å²) in [6.07, 6.45) is 3.32. The summed E-state index contributed by atoms with van der Waals surface area (Å²) >= 11 is 0. The topological polar surface area (TPSA) is 84.1 Å². The number of rotatable bonds is 3. The van der Waals surface area contributed by atoms with E-state index in [-0.39, 0.29) is 0 Å². The van der Waals surface area contributed by atoms with Crippen molar-refractivity contribution in [3.05, 3.63) is 30.1 Å². The maximum Gasteiger partial charge on any atom is 0.326 e. The first kappa shape index (κ1) is 12.6. The molecule has 0 saturated carbocycles. The van der Waals surface area contributed by atoms with Gasteiger partial charge in [0.2, 0.25) is 0 Å². The molecule has 2 aromatic heterocycles. The summed E-state index contributed by atoms with van der Waals surface area (Å²) in [5.74, 6) is 0.409. The molecule has 1 N–H and O–H groups in total. The van der Waals surface area contributed by atoms with Gasteiger partial charge >= 0.3 is 5.97 Å². The molecule has 0 aliphatic carbocycles. The van der Waals surface area contributed by atoms with Gasteiger partial charge in [-0.05, 0) is 38.0 Å². The van der Waals surface area contributed by atoms with E-state index < -0.39 is 12.0 Å². The molecule has 2 aromatic rings. The predicted molar refractivity (Wildman–Crippen MR) is 71.9 cm³/mol. The van der Waals surface area contributed by atoms with E-state index in [1.165, 1.54) is 0 Å². The van der Waals surface area contributed by atoms with Crippen LogP contribution < -0.4 is 4.90 Å². The second-order valence-electron chi connectivity index (χ2n) is 4.84. The van der Waals surface area contributed by atoms with Gasteiger partial charge in [0.05, 0.1) is 5.69 Å². The van der Waals surface area contributed by atoms with Crippen molar-refractivity contribution >= 4 is 11.8 Å². The molecule has 20 heavy (non-hydrogen) atoms. The number of aryl methyl sites for hydroxylation is 1. The van der Waals surface area contributed by atoms with Crippen LogP contribution in [0.3, 0.4) is 0 Å². The number of aromatic nitrogens is 4. The van der Waals surface area contributed by atoms with Gasteiger partial charge < -0.3 is 10.0 Å². The molecule has 7 heteroatoms. The fourth-order valence-electron chi connectivity index (χ4n) is 2.43. The van der Waals surface area contributed by atoms with E-state index >= 15 is 0 Å². The Labute approximate surface area is 115 Å². The van der Waals surface area contributed by atoms with E-state index in [1.54, 1.807) is 21.7 Å². The molecule has 1 aliphatic heterocycles. The standard InChI is InChI=1S/C13H15N5O2/c1-9-6-8-18(16-9)12-5-4-11(14-15-12)17-7-2-3-10(17)13(19)20/h4-6,8,10H,2-3,7H2,1H3,(H,19,20). The van der Waals surface area contributed by atoms with Crippen LogP contribution in [0.4, 0.5) is 5.82 Å². The predicted octanol–water partition coefficient (Wildman–Crippen LogP) is 1.02. The molecular weight excluding hydrogens is 258 g/mol. The lowest BCUT2D eigenvalue weighted by Gasteiger charge is -2.21. The second-order valence-corrected chi connectivity index (χ2v) is 4.84. The number of carbonyl (C=O) groups is 1. The molecule has 1 fully saturated rings. The molecule has 0 bridgehead atoms. The smallest absolute Gasteiger partial charge is 0.326 e. The Hall–Kier alpha value is -2.44. The molecule has 1 atom stereocenters. The zero-order chi connectivity index (χ0) is 14.1. The maximum absolute atomic E-state index is 11.2. The highest BCUT2D eigenvalue weighted by Gasteiger charge is 2.31. The highest BCUT2D eigenvalue weighted by Crippen LogP contribution is 2.23. The van der Waals surface area contributed by atoms with Gasteiger partial charge in [0.1, 0.15) is 6.04 Å². The Balaban J connectivity index is 1.84. The minimum absolute atomic E-state index is 0.498. The maximum atomic E-state index is 11.2. The van der Waals surface area contributed by atoms with Gasteiger partial charge in [0.25, 0.3) is 0 Å². The molecule has 3 heterocycles. The molecular formula is C13H15N5O2. The Kier molecular flexibility index (Phi) is 3.09. The Morgan fingerprint density at radius 3 is 2.65 bits per heavy atom. The van der Waals surface area contributed by atoms with Crippen LogP contribution in [-0.4, -0.2) is 43.6 Å². The van der Waals surface area contributed by atoms with Crippen molar-refractivity contribution in [1.29, 1.82) is 0 Å². The van der Waals surface area contributed by atoms with E-state index in [4.69, 9.17) is 0 Å². The molecule has 1 saturated heterocycles. The third-order valence-electron chi connectivity index (χ3n) is 3.43. The Morgan fingerprint density at radius 2 is 2.05 bits per heavy atom.